The van der Waals surface area contributed by atoms with Gasteiger partial charge in [-0.1, -0.05) is 11.6 Å². The number of hydrogen-bond donors (Lipinski definition) is 1. The van der Waals surface area contributed by atoms with E-state index in [-0.39, 0.29) is 10.8 Å². The lowest BCUT2D eigenvalue weighted by molar-refractivity contribution is 0.576. The number of nitrogens with zero attached hydrogens (tertiary/aromatic N) is 3. The zero-order valence-electron chi connectivity index (χ0n) is 12.8. The maximum absolute atomic E-state index is 12.2. The number of imidazole rings is 1. The fraction of sp³-hybridized carbons (Fsp3) is 0.133. The summed E-state index contributed by atoms with van der Waals surface area (Å²) in [7, 11) is -3.54. The minimum Gasteiger partial charge on any atom is -0.463 e. The van der Waals surface area contributed by atoms with E-state index in [9.17, 15) is 8.42 Å². The Morgan fingerprint density at radius 1 is 1.28 bits per heavy atom. The van der Waals surface area contributed by atoms with E-state index in [0.717, 1.165) is 22.7 Å². The van der Waals surface area contributed by atoms with Crippen LogP contribution in [-0.4, -0.2) is 29.1 Å². The van der Waals surface area contributed by atoms with Crippen LogP contribution in [0.25, 0.3) is 17.1 Å². The molecule has 0 aliphatic heterocycles. The molecule has 0 fully saturated rings. The minimum absolute atomic E-state index is 0.208. The summed E-state index contributed by atoms with van der Waals surface area (Å²) in [5.41, 5.74) is 1.58. The largest absolute Gasteiger partial charge is 0.463 e. The van der Waals surface area contributed by atoms with E-state index in [4.69, 9.17) is 16.0 Å². The summed E-state index contributed by atoms with van der Waals surface area (Å²) in [6.45, 7) is 0.724. The molecule has 25 heavy (non-hydrogen) atoms. The van der Waals surface area contributed by atoms with E-state index < -0.39 is 10.0 Å². The Balaban J connectivity index is 1.48. The van der Waals surface area contributed by atoms with Crippen LogP contribution in [0.15, 0.2) is 57.6 Å². The van der Waals surface area contributed by atoms with Crippen molar-refractivity contribution in [2.45, 2.75) is 10.8 Å². The van der Waals surface area contributed by atoms with Gasteiger partial charge in [0, 0.05) is 31.5 Å². The Hall–Kier alpha value is -2.07. The average molecular weight is 397 g/mol. The van der Waals surface area contributed by atoms with Crippen molar-refractivity contribution < 1.29 is 12.8 Å². The molecule has 4 heterocycles. The van der Waals surface area contributed by atoms with Crippen molar-refractivity contribution in [2.75, 3.05) is 6.54 Å². The summed E-state index contributed by atoms with van der Waals surface area (Å²) in [6, 6.07) is 8.60. The van der Waals surface area contributed by atoms with Gasteiger partial charge < -0.3 is 8.98 Å². The van der Waals surface area contributed by atoms with Crippen molar-refractivity contribution in [3.8, 4) is 11.5 Å². The first-order valence-electron chi connectivity index (χ1n) is 7.36. The third-order valence-electron chi connectivity index (χ3n) is 3.63. The van der Waals surface area contributed by atoms with Gasteiger partial charge in [-0.2, -0.15) is 5.10 Å². The van der Waals surface area contributed by atoms with Gasteiger partial charge in [-0.05, 0) is 24.3 Å². The molecule has 0 aliphatic rings. The van der Waals surface area contributed by atoms with E-state index in [1.54, 1.807) is 22.9 Å². The molecule has 0 radical (unpaired) electrons. The summed E-state index contributed by atoms with van der Waals surface area (Å²) >= 11 is 6.83. The smallest absolute Gasteiger partial charge is 0.250 e. The molecule has 4 rings (SSSR count). The Labute approximate surface area is 152 Å². The number of sulfonamides is 1. The normalized spacial score (nSPS) is 12.2. The van der Waals surface area contributed by atoms with Crippen molar-refractivity contribution in [3.63, 3.8) is 0 Å². The summed E-state index contributed by atoms with van der Waals surface area (Å²) in [4.78, 5) is 0. The average Bonchev–Trinajstić information content (AvgIpc) is 3.31. The molecule has 130 valence electrons. The van der Waals surface area contributed by atoms with Gasteiger partial charge in [-0.3, -0.25) is 0 Å². The van der Waals surface area contributed by atoms with Crippen molar-refractivity contribution >= 4 is 38.6 Å². The lowest BCUT2D eigenvalue weighted by Gasteiger charge is -2.06. The molecule has 0 atom stereocenters. The monoisotopic (exact) mass is 396 g/mol. The number of hydrogen-bond acceptors (Lipinski definition) is 5. The molecule has 0 saturated heterocycles. The standard InChI is InChI=1S/C15H13ClN4O3S2/c16-13-3-4-15(24-13)25(21,22)17-5-6-19-7-8-20-14(19)10-11(18-20)12-2-1-9-23-12/h1-4,7-10,17H,5-6H2. The lowest BCUT2D eigenvalue weighted by Crippen LogP contribution is -2.26. The predicted octanol–water partition coefficient (Wildman–Crippen LogP) is 3.09. The topological polar surface area (TPSA) is 81.5 Å². The lowest BCUT2D eigenvalue weighted by atomic mass is 10.3. The molecule has 4 aromatic heterocycles. The molecule has 4 aromatic rings. The van der Waals surface area contributed by atoms with Gasteiger partial charge in [0.1, 0.15) is 15.6 Å². The highest BCUT2D eigenvalue weighted by Gasteiger charge is 2.16. The number of halogens is 1. The molecule has 0 spiro atoms. The van der Waals surface area contributed by atoms with Crippen LogP contribution >= 0.6 is 22.9 Å². The molecule has 7 nitrogen and oxygen atoms in total. The minimum atomic E-state index is -3.54. The first-order chi connectivity index (χ1) is 12.0. The van der Waals surface area contributed by atoms with E-state index in [1.807, 2.05) is 29.1 Å². The van der Waals surface area contributed by atoms with Gasteiger partial charge in [-0.15, -0.1) is 11.3 Å². The van der Waals surface area contributed by atoms with E-state index in [0.29, 0.717) is 16.6 Å². The highest BCUT2D eigenvalue weighted by atomic mass is 35.5. The van der Waals surface area contributed by atoms with E-state index >= 15 is 0 Å². The summed E-state index contributed by atoms with van der Waals surface area (Å²) in [5, 5.41) is 4.43. The fourth-order valence-electron chi connectivity index (χ4n) is 2.48. The van der Waals surface area contributed by atoms with Crippen LogP contribution in [0.2, 0.25) is 4.34 Å². The zero-order chi connectivity index (χ0) is 17.4. The summed E-state index contributed by atoms with van der Waals surface area (Å²) < 4.78 is 36.6. The summed E-state index contributed by atoms with van der Waals surface area (Å²) in [6.07, 6.45) is 5.26. The van der Waals surface area contributed by atoms with Crippen LogP contribution in [0, 0.1) is 0 Å². The number of aromatic nitrogens is 3. The van der Waals surface area contributed by atoms with Crippen LogP contribution in [-0.2, 0) is 16.6 Å². The fourth-order valence-corrected chi connectivity index (χ4v) is 5.02. The van der Waals surface area contributed by atoms with Gasteiger partial charge in [0.2, 0.25) is 10.0 Å². The van der Waals surface area contributed by atoms with Crippen LogP contribution in [0.4, 0.5) is 0 Å². The number of nitrogens with one attached hydrogen (secondary N) is 1. The second-order valence-electron chi connectivity index (χ2n) is 5.26. The number of rotatable bonds is 6. The Morgan fingerprint density at radius 3 is 2.88 bits per heavy atom. The molecule has 0 unspecified atom stereocenters. The quantitative estimate of drug-likeness (QED) is 0.543. The molecular formula is C15H13ClN4O3S2. The van der Waals surface area contributed by atoms with Gasteiger partial charge in [0.05, 0.1) is 10.6 Å². The SMILES string of the molecule is O=S(=O)(NCCn1ccn2nc(-c3ccco3)cc12)c1ccc(Cl)s1. The second kappa shape index (κ2) is 6.34. The van der Waals surface area contributed by atoms with Gasteiger partial charge in [0.25, 0.3) is 0 Å². The van der Waals surface area contributed by atoms with Crippen LogP contribution < -0.4 is 4.72 Å². The highest BCUT2D eigenvalue weighted by Crippen LogP contribution is 2.25. The second-order valence-corrected chi connectivity index (χ2v) is 8.97. The molecule has 1 N–H and O–H groups in total. The molecule has 0 aliphatic carbocycles. The molecule has 0 saturated carbocycles. The van der Waals surface area contributed by atoms with Crippen molar-refractivity contribution in [2.24, 2.45) is 0 Å². The van der Waals surface area contributed by atoms with E-state index in [2.05, 4.69) is 9.82 Å². The van der Waals surface area contributed by atoms with Crippen LogP contribution in [0.1, 0.15) is 0 Å². The highest BCUT2D eigenvalue weighted by molar-refractivity contribution is 7.91. The molecule has 0 aromatic carbocycles. The van der Waals surface area contributed by atoms with Gasteiger partial charge in [0.15, 0.2) is 5.76 Å². The maximum atomic E-state index is 12.2. The number of furan rings is 1. The predicted molar refractivity (Wildman–Crippen MR) is 95.4 cm³/mol. The number of thiophene rings is 1. The molecule has 0 amide bonds. The molecule has 0 bridgehead atoms. The molecular weight excluding hydrogens is 384 g/mol. The van der Waals surface area contributed by atoms with E-state index in [1.165, 1.54) is 6.07 Å². The first kappa shape index (κ1) is 16.4. The van der Waals surface area contributed by atoms with Crippen molar-refractivity contribution in [1.29, 1.82) is 0 Å². The van der Waals surface area contributed by atoms with Gasteiger partial charge >= 0.3 is 0 Å². The third-order valence-corrected chi connectivity index (χ3v) is 6.81. The van der Waals surface area contributed by atoms with Crippen LogP contribution in [0.3, 0.4) is 0 Å². The first-order valence-corrected chi connectivity index (χ1v) is 10.0. The van der Waals surface area contributed by atoms with Gasteiger partial charge in [-0.25, -0.2) is 17.7 Å². The third kappa shape index (κ3) is 3.23. The Kier molecular flexibility index (Phi) is 4.16. The van der Waals surface area contributed by atoms with Crippen LogP contribution in [0.5, 0.6) is 0 Å². The number of fused-ring (bicyclic) bond motifs is 1. The maximum Gasteiger partial charge on any atom is 0.250 e. The Morgan fingerprint density at radius 2 is 2.16 bits per heavy atom. The summed E-state index contributed by atoms with van der Waals surface area (Å²) in [5.74, 6) is 0.686. The Bertz CT molecular complexity index is 1110. The van der Waals surface area contributed by atoms with Crippen molar-refractivity contribution in [1.82, 2.24) is 18.9 Å². The zero-order valence-corrected chi connectivity index (χ0v) is 15.2. The van der Waals surface area contributed by atoms with Crippen molar-refractivity contribution in [3.05, 3.63) is 53.3 Å². The molecule has 10 heteroatoms.